The summed E-state index contributed by atoms with van der Waals surface area (Å²) >= 11 is 15.1. The number of nitrogens with one attached hydrogen (secondary N) is 2. The number of rotatable bonds is 6. The molecular formula is C32H17BrCl2F4N8O5. The van der Waals surface area contributed by atoms with Crippen LogP contribution < -0.4 is 11.5 Å². The van der Waals surface area contributed by atoms with Crippen LogP contribution in [0.15, 0.2) is 79.3 Å². The lowest BCUT2D eigenvalue weighted by Crippen LogP contribution is -2.13. The lowest BCUT2D eigenvalue weighted by atomic mass is 10.1. The maximum absolute atomic E-state index is 14.1. The van der Waals surface area contributed by atoms with Gasteiger partial charge in [-0.3, -0.25) is 9.05 Å². The number of benzene rings is 4. The first-order chi connectivity index (χ1) is 25.0. The lowest BCUT2D eigenvalue weighted by Gasteiger charge is -2.06. The first-order valence-electron chi connectivity index (χ1n) is 14.6. The van der Waals surface area contributed by atoms with Crippen LogP contribution in [0, 0.1) is 23.3 Å². The highest BCUT2D eigenvalue weighted by Gasteiger charge is 2.25. The molecule has 0 aliphatic rings. The summed E-state index contributed by atoms with van der Waals surface area (Å²) in [4.78, 5) is 37.7. The van der Waals surface area contributed by atoms with Gasteiger partial charge in [0, 0.05) is 10.0 Å². The molecule has 0 saturated heterocycles. The van der Waals surface area contributed by atoms with Crippen LogP contribution >= 0.6 is 39.1 Å². The second-order valence-electron chi connectivity index (χ2n) is 10.7. The van der Waals surface area contributed by atoms with Gasteiger partial charge in [-0.25, -0.2) is 46.3 Å². The van der Waals surface area contributed by atoms with Crippen LogP contribution in [0.4, 0.5) is 17.6 Å². The molecule has 0 aliphatic carbocycles. The van der Waals surface area contributed by atoms with Crippen molar-refractivity contribution in [3.8, 4) is 34.2 Å². The van der Waals surface area contributed by atoms with Crippen LogP contribution in [0.1, 0.15) is 11.6 Å². The Labute approximate surface area is 304 Å². The van der Waals surface area contributed by atoms with Crippen LogP contribution in [0.25, 0.3) is 56.2 Å². The molecule has 0 atom stereocenters. The standard InChI is InChI=1S/C16H8BrClF2N4O2.C16H9ClF2N4O3/c17-6-11-21-13-9(5-10(19)12(20)14(13)22-11)15-23-26-16(25)24(15)8-3-1-2-7(18)4-8;17-7-2-1-3-8(4-7)23-15(22-26-16(23)25)9-5-10(18)12(19)14-13(9)20-11(6-24)21-14/h1-5H,6H2,(H,21,22);1-5,24H,6H2,(H,20,21). The minimum absolute atomic E-state index is 0.00839. The summed E-state index contributed by atoms with van der Waals surface area (Å²) < 4.78 is 68.0. The minimum atomic E-state index is -1.18. The third kappa shape index (κ3) is 6.19. The maximum atomic E-state index is 14.1. The Morgan fingerprint density at radius 2 is 1.15 bits per heavy atom. The molecule has 52 heavy (non-hydrogen) atoms. The highest BCUT2D eigenvalue weighted by atomic mass is 79.9. The maximum Gasteiger partial charge on any atom is 0.446 e. The van der Waals surface area contributed by atoms with Gasteiger partial charge in [0.2, 0.25) is 0 Å². The SMILES string of the molecule is O=c1onc(-c2cc(F)c(F)c3nc(CBr)[nH]c23)n1-c1cccc(Cl)c1.O=c1onc(-c2cc(F)c(F)c3nc(CO)[nH]c23)n1-c1cccc(Cl)c1. The average molecular weight is 820 g/mol. The molecule has 0 fully saturated rings. The Balaban J connectivity index is 0.000000162. The van der Waals surface area contributed by atoms with Crippen molar-refractivity contribution < 1.29 is 31.7 Å². The number of nitrogens with zero attached hydrogens (tertiary/aromatic N) is 6. The summed E-state index contributed by atoms with van der Waals surface area (Å²) in [6.45, 7) is -0.505. The number of alkyl halides is 1. The first-order valence-corrected chi connectivity index (χ1v) is 16.5. The zero-order valence-electron chi connectivity index (χ0n) is 25.6. The van der Waals surface area contributed by atoms with Gasteiger partial charge in [0.1, 0.15) is 29.3 Å². The molecule has 3 N–H and O–H groups in total. The van der Waals surface area contributed by atoms with Crippen LogP contribution in [0.2, 0.25) is 10.0 Å². The van der Waals surface area contributed by atoms with Crippen molar-refractivity contribution in [2.24, 2.45) is 0 Å². The Hall–Kier alpha value is -5.56. The van der Waals surface area contributed by atoms with E-state index < -0.39 is 41.4 Å². The molecule has 0 radical (unpaired) electrons. The van der Waals surface area contributed by atoms with Gasteiger partial charge in [0.05, 0.1) is 38.9 Å². The quantitative estimate of drug-likeness (QED) is 0.118. The molecule has 8 rings (SSSR count). The van der Waals surface area contributed by atoms with Gasteiger partial charge in [-0.2, -0.15) is 0 Å². The number of aromatic amines is 2. The lowest BCUT2D eigenvalue weighted by molar-refractivity contribution is 0.273. The zero-order valence-corrected chi connectivity index (χ0v) is 28.7. The van der Waals surface area contributed by atoms with E-state index in [-0.39, 0.29) is 50.7 Å². The van der Waals surface area contributed by atoms with Crippen molar-refractivity contribution in [1.29, 1.82) is 0 Å². The summed E-state index contributed by atoms with van der Waals surface area (Å²) in [6.07, 6.45) is 0. The highest BCUT2D eigenvalue weighted by Crippen LogP contribution is 2.33. The predicted octanol–water partition coefficient (Wildman–Crippen LogP) is 6.99. The minimum Gasteiger partial charge on any atom is -0.388 e. The Bertz CT molecular complexity index is 2590. The van der Waals surface area contributed by atoms with Gasteiger partial charge >= 0.3 is 11.5 Å². The first kappa shape index (κ1) is 34.9. The van der Waals surface area contributed by atoms with E-state index in [0.29, 0.717) is 32.6 Å². The van der Waals surface area contributed by atoms with Crippen molar-refractivity contribution in [2.75, 3.05) is 0 Å². The van der Waals surface area contributed by atoms with E-state index in [9.17, 15) is 32.3 Å². The van der Waals surface area contributed by atoms with E-state index in [2.05, 4.69) is 46.2 Å². The molecule has 0 saturated carbocycles. The Morgan fingerprint density at radius 3 is 1.58 bits per heavy atom. The van der Waals surface area contributed by atoms with E-state index in [1.54, 1.807) is 36.4 Å². The van der Waals surface area contributed by atoms with E-state index in [1.165, 1.54) is 12.1 Å². The van der Waals surface area contributed by atoms with Crippen molar-refractivity contribution in [2.45, 2.75) is 11.9 Å². The summed E-state index contributed by atoms with van der Waals surface area (Å²) in [5.41, 5.74) is 0.621. The molecule has 0 unspecified atom stereocenters. The van der Waals surface area contributed by atoms with Gasteiger partial charge in [0.25, 0.3) is 0 Å². The fraction of sp³-hybridized carbons (Fsp3) is 0.0625. The molecule has 0 aliphatic heterocycles. The second-order valence-corrected chi connectivity index (χ2v) is 12.2. The number of hydrogen-bond acceptors (Lipinski definition) is 9. The number of aliphatic hydroxyl groups excluding tert-OH is 1. The number of halogens is 7. The van der Waals surface area contributed by atoms with E-state index in [4.69, 9.17) is 32.2 Å². The fourth-order valence-corrected chi connectivity index (χ4v) is 5.95. The van der Waals surface area contributed by atoms with Gasteiger partial charge < -0.3 is 15.1 Å². The normalized spacial score (nSPS) is 11.4. The van der Waals surface area contributed by atoms with Gasteiger partial charge in [-0.05, 0) is 48.5 Å². The fourth-order valence-electron chi connectivity index (χ4n) is 5.32. The molecule has 13 nitrogen and oxygen atoms in total. The Kier molecular flexibility index (Phi) is 9.30. The molecule has 20 heteroatoms. The Morgan fingerprint density at radius 1 is 0.712 bits per heavy atom. The zero-order chi connectivity index (χ0) is 36.8. The molecule has 4 heterocycles. The smallest absolute Gasteiger partial charge is 0.388 e. The average Bonchev–Trinajstić information content (AvgIpc) is 3.93. The highest BCUT2D eigenvalue weighted by molar-refractivity contribution is 9.08. The van der Waals surface area contributed by atoms with E-state index in [0.717, 1.165) is 21.3 Å². The van der Waals surface area contributed by atoms with Crippen molar-refractivity contribution in [1.82, 2.24) is 39.4 Å². The molecule has 264 valence electrons. The van der Waals surface area contributed by atoms with E-state index >= 15 is 0 Å². The number of H-pyrrole nitrogens is 2. The number of hydrogen-bond donors (Lipinski definition) is 3. The third-order valence-electron chi connectivity index (χ3n) is 7.52. The number of aliphatic hydroxyl groups is 1. The van der Waals surface area contributed by atoms with Gasteiger partial charge in [-0.15, -0.1) is 0 Å². The van der Waals surface area contributed by atoms with Crippen LogP contribution in [0.5, 0.6) is 0 Å². The molecule has 4 aromatic carbocycles. The predicted molar refractivity (Wildman–Crippen MR) is 183 cm³/mol. The van der Waals surface area contributed by atoms with Crippen molar-refractivity contribution >= 4 is 61.2 Å². The molecule has 0 bridgehead atoms. The molecule has 8 aromatic rings. The monoisotopic (exact) mass is 818 g/mol. The number of fused-ring (bicyclic) bond motifs is 2. The van der Waals surface area contributed by atoms with Crippen molar-refractivity contribution in [3.63, 3.8) is 0 Å². The van der Waals surface area contributed by atoms with Crippen LogP contribution in [-0.2, 0) is 11.9 Å². The topological polar surface area (TPSA) is 174 Å². The third-order valence-corrected chi connectivity index (χ3v) is 8.52. The van der Waals surface area contributed by atoms with Gasteiger partial charge in [-0.1, -0.05) is 61.6 Å². The molecule has 0 amide bonds. The second kappa shape index (κ2) is 13.9. The summed E-state index contributed by atoms with van der Waals surface area (Å²) in [7, 11) is 0. The van der Waals surface area contributed by atoms with Gasteiger partial charge in [0.15, 0.2) is 34.9 Å². The number of imidazole rings is 2. The van der Waals surface area contributed by atoms with E-state index in [1.807, 2.05) is 0 Å². The number of aromatic nitrogens is 8. The van der Waals surface area contributed by atoms with Crippen molar-refractivity contribution in [3.05, 3.63) is 127 Å². The van der Waals surface area contributed by atoms with Crippen LogP contribution in [-0.4, -0.2) is 44.5 Å². The summed E-state index contributed by atoms with van der Waals surface area (Å²) in [6, 6.07) is 14.5. The van der Waals surface area contributed by atoms with Crippen LogP contribution in [0.3, 0.4) is 0 Å². The summed E-state index contributed by atoms with van der Waals surface area (Å²) in [5, 5.41) is 17.7. The largest absolute Gasteiger partial charge is 0.446 e. The molecule has 4 aromatic heterocycles. The molecular weight excluding hydrogens is 803 g/mol. The molecule has 0 spiro atoms. The summed E-state index contributed by atoms with van der Waals surface area (Å²) in [5.74, 6) is -5.85.